The molecule has 0 aromatic carbocycles. The van der Waals surface area contributed by atoms with Crippen molar-refractivity contribution in [3.8, 4) is 0 Å². The number of nitrogens with zero attached hydrogens (tertiary/aromatic N) is 1. The molecular weight excluding hydrogens is 182 g/mol. The van der Waals surface area contributed by atoms with Crippen LogP contribution in [0.25, 0.3) is 0 Å². The highest BCUT2D eigenvalue weighted by atomic mass is 32.3. The average Bonchev–Trinajstić information content (AvgIpc) is 1.91. The van der Waals surface area contributed by atoms with Crippen LogP contribution < -0.4 is 0 Å². The first-order chi connectivity index (χ1) is 5.54. The van der Waals surface area contributed by atoms with Gasteiger partial charge in [0, 0.05) is 13.0 Å². The second-order valence-corrected chi connectivity index (χ2v) is 4.32. The van der Waals surface area contributed by atoms with Crippen LogP contribution in [0.15, 0.2) is 0 Å². The van der Waals surface area contributed by atoms with E-state index in [2.05, 4.69) is 0 Å². The van der Waals surface area contributed by atoms with Gasteiger partial charge in [0.1, 0.15) is 0 Å². The SMILES string of the molecule is CN1CCCCC12OS(=O)(=O)O2. The monoisotopic (exact) mass is 193 g/mol. The zero-order chi connectivity index (χ0) is 8.82. The number of likely N-dealkylation sites (tertiary alicyclic amines) is 1. The second-order valence-electron chi connectivity index (χ2n) is 3.17. The maximum Gasteiger partial charge on any atom is 0.407 e. The summed E-state index contributed by atoms with van der Waals surface area (Å²) in [5, 5.41) is 0. The number of hydrogen-bond acceptors (Lipinski definition) is 5. The van der Waals surface area contributed by atoms with Crippen molar-refractivity contribution in [2.45, 2.75) is 25.2 Å². The molecule has 2 rings (SSSR count). The van der Waals surface area contributed by atoms with Gasteiger partial charge in [0.2, 0.25) is 0 Å². The maximum absolute atomic E-state index is 10.6. The molecule has 0 aromatic rings. The first-order valence-electron chi connectivity index (χ1n) is 3.92. The van der Waals surface area contributed by atoms with Crippen LogP contribution in [0.3, 0.4) is 0 Å². The highest BCUT2D eigenvalue weighted by Gasteiger charge is 2.55. The summed E-state index contributed by atoms with van der Waals surface area (Å²) >= 11 is 0. The van der Waals surface area contributed by atoms with Crippen molar-refractivity contribution in [2.75, 3.05) is 13.6 Å². The summed E-state index contributed by atoms with van der Waals surface area (Å²) < 4.78 is 30.8. The van der Waals surface area contributed by atoms with Crippen LogP contribution in [0.5, 0.6) is 0 Å². The lowest BCUT2D eigenvalue weighted by atomic mass is 10.1. The Morgan fingerprint density at radius 1 is 1.33 bits per heavy atom. The Labute approximate surface area is 71.6 Å². The largest absolute Gasteiger partial charge is 0.407 e. The molecule has 6 heteroatoms. The maximum atomic E-state index is 10.6. The summed E-state index contributed by atoms with van der Waals surface area (Å²) in [4.78, 5) is 1.79. The first-order valence-corrected chi connectivity index (χ1v) is 5.25. The van der Waals surface area contributed by atoms with E-state index >= 15 is 0 Å². The lowest BCUT2D eigenvalue weighted by molar-refractivity contribution is -0.287. The summed E-state index contributed by atoms with van der Waals surface area (Å²) in [6.07, 6.45) is 2.63. The van der Waals surface area contributed by atoms with Gasteiger partial charge in [0.25, 0.3) is 5.91 Å². The number of piperidine rings is 1. The van der Waals surface area contributed by atoms with E-state index in [1.165, 1.54) is 0 Å². The summed E-state index contributed by atoms with van der Waals surface area (Å²) in [6, 6.07) is 0. The highest BCUT2D eigenvalue weighted by molar-refractivity contribution is 7.82. The van der Waals surface area contributed by atoms with Crippen molar-refractivity contribution >= 4 is 10.4 Å². The van der Waals surface area contributed by atoms with Crippen molar-refractivity contribution in [2.24, 2.45) is 0 Å². The molecule has 5 nitrogen and oxygen atoms in total. The molecule has 2 fully saturated rings. The zero-order valence-corrected chi connectivity index (χ0v) is 7.63. The average molecular weight is 193 g/mol. The van der Waals surface area contributed by atoms with Crippen LogP contribution in [0, 0.1) is 0 Å². The van der Waals surface area contributed by atoms with Crippen molar-refractivity contribution in [3.63, 3.8) is 0 Å². The molecule has 70 valence electrons. The smallest absolute Gasteiger partial charge is 0.253 e. The normalized spacial score (nSPS) is 33.1. The van der Waals surface area contributed by atoms with E-state index in [1.807, 2.05) is 0 Å². The van der Waals surface area contributed by atoms with Crippen molar-refractivity contribution in [3.05, 3.63) is 0 Å². The van der Waals surface area contributed by atoms with Crippen LogP contribution in [0.2, 0.25) is 0 Å². The molecule has 0 bridgehead atoms. The van der Waals surface area contributed by atoms with Crippen LogP contribution >= 0.6 is 0 Å². The quantitative estimate of drug-likeness (QED) is 0.544. The number of hydrogen-bond donors (Lipinski definition) is 0. The van der Waals surface area contributed by atoms with Gasteiger partial charge < -0.3 is 0 Å². The minimum atomic E-state index is -3.66. The van der Waals surface area contributed by atoms with Crippen LogP contribution in [-0.4, -0.2) is 32.8 Å². The van der Waals surface area contributed by atoms with Crippen LogP contribution in [0.1, 0.15) is 19.3 Å². The van der Waals surface area contributed by atoms with E-state index in [1.54, 1.807) is 11.9 Å². The number of rotatable bonds is 0. The van der Waals surface area contributed by atoms with E-state index in [0.717, 1.165) is 19.4 Å². The molecule has 0 aliphatic carbocycles. The van der Waals surface area contributed by atoms with Crippen LogP contribution in [-0.2, 0) is 18.8 Å². The molecule has 0 radical (unpaired) electrons. The van der Waals surface area contributed by atoms with Gasteiger partial charge in [0.05, 0.1) is 0 Å². The molecule has 1 spiro atoms. The molecule has 0 unspecified atom stereocenters. The Morgan fingerprint density at radius 3 is 2.50 bits per heavy atom. The molecular formula is C6H11NO4S. The Hall–Kier alpha value is -0.170. The van der Waals surface area contributed by atoms with Gasteiger partial charge in [-0.1, -0.05) is 0 Å². The third kappa shape index (κ3) is 1.15. The summed E-state index contributed by atoms with van der Waals surface area (Å²) in [6.45, 7) is 0.815. The van der Waals surface area contributed by atoms with E-state index in [0.29, 0.717) is 6.42 Å². The van der Waals surface area contributed by atoms with Gasteiger partial charge >= 0.3 is 10.4 Å². The molecule has 0 atom stereocenters. The van der Waals surface area contributed by atoms with Gasteiger partial charge in [-0.3, -0.25) is 4.90 Å². The van der Waals surface area contributed by atoms with Crippen LogP contribution in [0.4, 0.5) is 0 Å². The molecule has 0 saturated carbocycles. The lowest BCUT2D eigenvalue weighted by Crippen LogP contribution is -2.62. The Balaban J connectivity index is 2.13. The van der Waals surface area contributed by atoms with E-state index in [-0.39, 0.29) is 0 Å². The fraction of sp³-hybridized carbons (Fsp3) is 1.00. The minimum absolute atomic E-state index is 0.628. The fourth-order valence-electron chi connectivity index (χ4n) is 1.59. The van der Waals surface area contributed by atoms with Gasteiger partial charge in [-0.05, 0) is 19.9 Å². The Morgan fingerprint density at radius 2 is 2.00 bits per heavy atom. The lowest BCUT2D eigenvalue weighted by Gasteiger charge is -2.47. The summed E-state index contributed by atoms with van der Waals surface area (Å²) in [5.41, 5.74) is 0. The molecule has 12 heavy (non-hydrogen) atoms. The minimum Gasteiger partial charge on any atom is -0.253 e. The van der Waals surface area contributed by atoms with Crippen molar-refractivity contribution in [1.82, 2.24) is 4.90 Å². The second kappa shape index (κ2) is 2.41. The zero-order valence-electron chi connectivity index (χ0n) is 6.82. The highest BCUT2D eigenvalue weighted by Crippen LogP contribution is 2.40. The van der Waals surface area contributed by atoms with Gasteiger partial charge in [-0.2, -0.15) is 16.8 Å². The van der Waals surface area contributed by atoms with Crippen molar-refractivity contribution in [1.29, 1.82) is 0 Å². The molecule has 0 amide bonds. The summed E-state index contributed by atoms with van der Waals surface area (Å²) in [7, 11) is -1.86. The predicted molar refractivity (Wildman–Crippen MR) is 40.3 cm³/mol. The standard InChI is InChI=1S/C6H11NO4S/c1-7-5-3-2-4-6(7)10-12(8,9)11-6/h2-5H2,1H3. The van der Waals surface area contributed by atoms with E-state index in [4.69, 9.17) is 8.37 Å². The Bertz CT molecular complexity index is 274. The van der Waals surface area contributed by atoms with Gasteiger partial charge in [0.15, 0.2) is 0 Å². The Kier molecular flexibility index (Phi) is 1.69. The first kappa shape index (κ1) is 8.43. The van der Waals surface area contributed by atoms with Gasteiger partial charge in [-0.15, -0.1) is 0 Å². The molecule has 2 aliphatic heterocycles. The van der Waals surface area contributed by atoms with E-state index < -0.39 is 16.3 Å². The van der Waals surface area contributed by atoms with Crippen molar-refractivity contribution < 1.29 is 16.8 Å². The molecule has 0 N–H and O–H groups in total. The van der Waals surface area contributed by atoms with Gasteiger partial charge in [-0.25, -0.2) is 0 Å². The fourth-order valence-corrected chi connectivity index (χ4v) is 2.67. The topological polar surface area (TPSA) is 55.8 Å². The molecule has 0 aromatic heterocycles. The molecule has 2 heterocycles. The third-order valence-corrected chi connectivity index (χ3v) is 3.21. The summed E-state index contributed by atoms with van der Waals surface area (Å²) in [5.74, 6) is -0.961. The van der Waals surface area contributed by atoms with E-state index in [9.17, 15) is 8.42 Å². The molecule has 2 aliphatic rings. The third-order valence-electron chi connectivity index (χ3n) is 2.28. The predicted octanol–water partition coefficient (Wildman–Crippen LogP) is 0.0475. The molecule has 2 saturated heterocycles.